The van der Waals surface area contributed by atoms with E-state index in [0.29, 0.717) is 0 Å². The minimum absolute atomic E-state index is 0.132. The van der Waals surface area contributed by atoms with E-state index in [4.69, 9.17) is 10.5 Å². The second kappa shape index (κ2) is 6.07. The van der Waals surface area contributed by atoms with Crippen molar-refractivity contribution in [3.05, 3.63) is 28.2 Å². The summed E-state index contributed by atoms with van der Waals surface area (Å²) in [5, 5.41) is 0. The molecule has 2 aliphatic rings. The van der Waals surface area contributed by atoms with Crippen LogP contribution in [-0.4, -0.2) is 6.61 Å². The molecule has 2 aliphatic carbocycles. The third-order valence-corrected chi connectivity index (χ3v) is 5.57. The first-order valence-electron chi connectivity index (χ1n) is 7.89. The Labute approximate surface area is 130 Å². The minimum atomic E-state index is -0.132. The fraction of sp³-hybridized carbons (Fsp3) is 0.647. The number of nitrogens with two attached hydrogens (primary N) is 1. The van der Waals surface area contributed by atoms with Crippen LogP contribution in [0.1, 0.15) is 56.9 Å². The van der Waals surface area contributed by atoms with Crippen LogP contribution in [0.2, 0.25) is 0 Å². The lowest BCUT2D eigenvalue weighted by atomic mass is 9.77. The average Bonchev–Trinajstić information content (AvgIpc) is 2.39. The number of hydrogen-bond donors (Lipinski definition) is 1. The lowest BCUT2D eigenvalue weighted by Gasteiger charge is -2.34. The normalized spacial score (nSPS) is 22.3. The van der Waals surface area contributed by atoms with Crippen LogP contribution in [0.5, 0.6) is 5.75 Å². The summed E-state index contributed by atoms with van der Waals surface area (Å²) in [7, 11) is 0. The lowest BCUT2D eigenvalue weighted by molar-refractivity contribution is 0.179. The van der Waals surface area contributed by atoms with Gasteiger partial charge in [-0.2, -0.15) is 0 Å². The predicted octanol–water partition coefficient (Wildman–Crippen LogP) is 4.75. The standard InChI is InChI=1S/C17H24BrNO/c18-15-11-14(17(19)9-2-1-3-10-17)7-8-16(15)20-12-13-5-4-6-13/h7-8,11,13H,1-6,9-10,12,19H2. The Morgan fingerprint density at radius 1 is 1.15 bits per heavy atom. The van der Waals surface area contributed by atoms with E-state index in [0.717, 1.165) is 35.6 Å². The summed E-state index contributed by atoms with van der Waals surface area (Å²) in [4.78, 5) is 0. The Balaban J connectivity index is 1.69. The van der Waals surface area contributed by atoms with E-state index >= 15 is 0 Å². The van der Waals surface area contributed by atoms with E-state index in [2.05, 4.69) is 34.1 Å². The average molecular weight is 338 g/mol. The fourth-order valence-corrected chi connectivity index (χ4v) is 3.76. The number of benzene rings is 1. The van der Waals surface area contributed by atoms with Crippen molar-refractivity contribution in [2.75, 3.05) is 6.61 Å². The van der Waals surface area contributed by atoms with Gasteiger partial charge in [0, 0.05) is 5.54 Å². The van der Waals surface area contributed by atoms with Gasteiger partial charge in [0.25, 0.3) is 0 Å². The van der Waals surface area contributed by atoms with Gasteiger partial charge in [-0.25, -0.2) is 0 Å². The summed E-state index contributed by atoms with van der Waals surface area (Å²) < 4.78 is 6.97. The van der Waals surface area contributed by atoms with Gasteiger partial charge in [-0.3, -0.25) is 0 Å². The van der Waals surface area contributed by atoms with Crippen LogP contribution in [-0.2, 0) is 5.54 Å². The van der Waals surface area contributed by atoms with Crippen LogP contribution in [0.25, 0.3) is 0 Å². The molecule has 0 aromatic heterocycles. The van der Waals surface area contributed by atoms with Crippen LogP contribution in [0.4, 0.5) is 0 Å². The van der Waals surface area contributed by atoms with Gasteiger partial charge in [0.1, 0.15) is 5.75 Å². The Hall–Kier alpha value is -0.540. The molecule has 0 radical (unpaired) electrons. The number of rotatable bonds is 4. The van der Waals surface area contributed by atoms with E-state index in [-0.39, 0.29) is 5.54 Å². The van der Waals surface area contributed by atoms with Gasteiger partial charge >= 0.3 is 0 Å². The predicted molar refractivity (Wildman–Crippen MR) is 85.9 cm³/mol. The van der Waals surface area contributed by atoms with Gasteiger partial charge in [0.2, 0.25) is 0 Å². The molecular weight excluding hydrogens is 314 g/mol. The summed E-state index contributed by atoms with van der Waals surface area (Å²) in [5.74, 6) is 1.72. The number of halogens is 1. The van der Waals surface area contributed by atoms with Crippen molar-refractivity contribution in [2.45, 2.75) is 56.9 Å². The molecule has 2 saturated carbocycles. The van der Waals surface area contributed by atoms with Gasteiger partial charge in [-0.05, 0) is 65.2 Å². The molecule has 0 unspecified atom stereocenters. The van der Waals surface area contributed by atoms with Crippen LogP contribution in [0.3, 0.4) is 0 Å². The SMILES string of the molecule is NC1(c2ccc(OCC3CCC3)c(Br)c2)CCCCC1. The molecule has 0 saturated heterocycles. The second-order valence-corrected chi connectivity index (χ2v) is 7.32. The first-order chi connectivity index (χ1) is 9.67. The molecule has 0 aliphatic heterocycles. The molecule has 0 atom stereocenters. The molecule has 1 aromatic rings. The van der Waals surface area contributed by atoms with E-state index in [1.807, 2.05) is 0 Å². The van der Waals surface area contributed by atoms with Crippen LogP contribution < -0.4 is 10.5 Å². The van der Waals surface area contributed by atoms with Crippen molar-refractivity contribution >= 4 is 15.9 Å². The summed E-state index contributed by atoms with van der Waals surface area (Å²) in [6, 6.07) is 6.41. The van der Waals surface area contributed by atoms with E-state index in [9.17, 15) is 0 Å². The highest BCUT2D eigenvalue weighted by molar-refractivity contribution is 9.10. The number of ether oxygens (including phenoxy) is 1. The summed E-state index contributed by atoms with van der Waals surface area (Å²) in [5.41, 5.74) is 7.71. The Morgan fingerprint density at radius 3 is 2.50 bits per heavy atom. The largest absolute Gasteiger partial charge is 0.492 e. The molecule has 0 amide bonds. The molecule has 2 fully saturated rings. The zero-order valence-electron chi connectivity index (χ0n) is 12.0. The third kappa shape index (κ3) is 3.04. The monoisotopic (exact) mass is 337 g/mol. The van der Waals surface area contributed by atoms with Crippen molar-refractivity contribution in [1.29, 1.82) is 0 Å². The molecule has 2 nitrogen and oxygen atoms in total. The summed E-state index contributed by atoms with van der Waals surface area (Å²) >= 11 is 3.65. The second-order valence-electron chi connectivity index (χ2n) is 6.47. The van der Waals surface area contributed by atoms with E-state index < -0.39 is 0 Å². The molecule has 110 valence electrons. The third-order valence-electron chi connectivity index (χ3n) is 4.95. The molecule has 0 bridgehead atoms. The molecular formula is C17H24BrNO. The van der Waals surface area contributed by atoms with Crippen LogP contribution >= 0.6 is 15.9 Å². The van der Waals surface area contributed by atoms with Crippen LogP contribution in [0, 0.1) is 5.92 Å². The Bertz CT molecular complexity index is 464. The lowest BCUT2D eigenvalue weighted by Crippen LogP contribution is -2.38. The van der Waals surface area contributed by atoms with Gasteiger partial charge in [-0.1, -0.05) is 31.7 Å². The number of hydrogen-bond acceptors (Lipinski definition) is 2. The highest BCUT2D eigenvalue weighted by Gasteiger charge is 2.29. The van der Waals surface area contributed by atoms with Crippen molar-refractivity contribution in [2.24, 2.45) is 11.7 Å². The maximum atomic E-state index is 6.59. The van der Waals surface area contributed by atoms with Gasteiger partial charge < -0.3 is 10.5 Å². The first-order valence-corrected chi connectivity index (χ1v) is 8.68. The minimum Gasteiger partial charge on any atom is -0.492 e. The Kier molecular flexibility index (Phi) is 4.37. The highest BCUT2D eigenvalue weighted by Crippen LogP contribution is 2.38. The molecule has 0 spiro atoms. The zero-order chi connectivity index (χ0) is 14.0. The van der Waals surface area contributed by atoms with Crippen molar-refractivity contribution in [1.82, 2.24) is 0 Å². The van der Waals surface area contributed by atoms with E-state index in [1.165, 1.54) is 44.1 Å². The molecule has 20 heavy (non-hydrogen) atoms. The summed E-state index contributed by atoms with van der Waals surface area (Å²) in [6.07, 6.45) is 10.0. The maximum Gasteiger partial charge on any atom is 0.133 e. The fourth-order valence-electron chi connectivity index (χ4n) is 3.27. The van der Waals surface area contributed by atoms with Crippen LogP contribution in [0.15, 0.2) is 22.7 Å². The quantitative estimate of drug-likeness (QED) is 0.860. The molecule has 2 N–H and O–H groups in total. The molecule has 3 rings (SSSR count). The topological polar surface area (TPSA) is 35.2 Å². The molecule has 1 aromatic carbocycles. The maximum absolute atomic E-state index is 6.59. The van der Waals surface area contributed by atoms with Gasteiger partial charge in [-0.15, -0.1) is 0 Å². The van der Waals surface area contributed by atoms with Crippen molar-refractivity contribution < 1.29 is 4.74 Å². The molecule has 3 heteroatoms. The molecule has 0 heterocycles. The smallest absolute Gasteiger partial charge is 0.133 e. The first kappa shape index (κ1) is 14.4. The zero-order valence-corrected chi connectivity index (χ0v) is 13.6. The van der Waals surface area contributed by atoms with Gasteiger partial charge in [0.15, 0.2) is 0 Å². The highest BCUT2D eigenvalue weighted by atomic mass is 79.9. The summed E-state index contributed by atoms with van der Waals surface area (Å²) in [6.45, 7) is 0.853. The Morgan fingerprint density at radius 2 is 1.90 bits per heavy atom. The van der Waals surface area contributed by atoms with Crippen molar-refractivity contribution in [3.63, 3.8) is 0 Å². The van der Waals surface area contributed by atoms with Gasteiger partial charge in [0.05, 0.1) is 11.1 Å². The van der Waals surface area contributed by atoms with Crippen molar-refractivity contribution in [3.8, 4) is 5.75 Å². The van der Waals surface area contributed by atoms with E-state index in [1.54, 1.807) is 0 Å².